The number of nitrogens with zero attached hydrogens (tertiary/aromatic N) is 3. The van der Waals surface area contributed by atoms with Crippen LogP contribution in [-0.2, 0) is 18.4 Å². The van der Waals surface area contributed by atoms with Crippen molar-refractivity contribution in [1.29, 1.82) is 0 Å². The number of anilines is 1. The molecule has 0 aliphatic rings. The predicted molar refractivity (Wildman–Crippen MR) is 84.8 cm³/mol. The molecule has 1 aromatic carbocycles. The average molecular weight is 314 g/mol. The van der Waals surface area contributed by atoms with Gasteiger partial charge in [0.1, 0.15) is 6.61 Å². The highest BCUT2D eigenvalue weighted by molar-refractivity contribution is 7.14. The van der Waals surface area contributed by atoms with Gasteiger partial charge >= 0.3 is 0 Å². The summed E-state index contributed by atoms with van der Waals surface area (Å²) in [6.45, 7) is 0.439. The number of rotatable bonds is 6. The Morgan fingerprint density at radius 3 is 3.09 bits per heavy atom. The molecule has 22 heavy (non-hydrogen) atoms. The van der Waals surface area contributed by atoms with Crippen LogP contribution in [0.15, 0.2) is 41.9 Å². The lowest BCUT2D eigenvalue weighted by Crippen LogP contribution is -1.97. The topological polar surface area (TPSA) is 69.0 Å². The number of amides is 1. The zero-order valence-corrected chi connectivity index (χ0v) is 12.7. The zero-order valence-electron chi connectivity index (χ0n) is 11.9. The van der Waals surface area contributed by atoms with Crippen molar-refractivity contribution in [1.82, 2.24) is 14.8 Å². The van der Waals surface area contributed by atoms with Crippen molar-refractivity contribution in [2.75, 3.05) is 5.32 Å². The third-order valence-electron chi connectivity index (χ3n) is 2.99. The third-order valence-corrected chi connectivity index (χ3v) is 3.76. The number of carbonyl (C=O) groups excluding carboxylic acids is 1. The van der Waals surface area contributed by atoms with E-state index in [0.29, 0.717) is 24.0 Å². The quantitative estimate of drug-likeness (QED) is 0.710. The Morgan fingerprint density at radius 1 is 1.41 bits per heavy atom. The van der Waals surface area contributed by atoms with E-state index in [9.17, 15) is 4.79 Å². The summed E-state index contributed by atoms with van der Waals surface area (Å²) in [6, 6.07) is 9.76. The lowest BCUT2D eigenvalue weighted by atomic mass is 10.1. The largest absolute Gasteiger partial charge is 0.472 e. The molecule has 0 radical (unpaired) electrons. The number of hydrogen-bond donors (Lipinski definition) is 1. The Balaban J connectivity index is 1.72. The molecule has 0 spiro atoms. The van der Waals surface area contributed by atoms with Crippen LogP contribution < -0.4 is 10.1 Å². The van der Waals surface area contributed by atoms with Crippen LogP contribution in [0.3, 0.4) is 0 Å². The molecule has 0 atom stereocenters. The molecular formula is C15H14N4O2S. The van der Waals surface area contributed by atoms with Gasteiger partial charge in [0.05, 0.1) is 5.69 Å². The molecule has 6 nitrogen and oxygen atoms in total. The van der Waals surface area contributed by atoms with E-state index >= 15 is 0 Å². The smallest absolute Gasteiger partial charge is 0.233 e. The number of nitrogens with one attached hydrogen (secondary N) is 1. The van der Waals surface area contributed by atoms with Crippen molar-refractivity contribution >= 4 is 22.9 Å². The molecule has 1 amide bonds. The molecule has 0 saturated heterocycles. The maximum absolute atomic E-state index is 10.4. The first-order valence-corrected chi connectivity index (χ1v) is 7.50. The molecule has 0 aliphatic heterocycles. The highest BCUT2D eigenvalue weighted by Gasteiger charge is 2.06. The van der Waals surface area contributed by atoms with Gasteiger partial charge in [0.2, 0.25) is 12.3 Å². The first-order chi connectivity index (χ1) is 10.7. The van der Waals surface area contributed by atoms with E-state index < -0.39 is 0 Å². The predicted octanol–water partition coefficient (Wildman–Crippen LogP) is 2.69. The summed E-state index contributed by atoms with van der Waals surface area (Å²) in [5, 5.41) is 9.22. The van der Waals surface area contributed by atoms with Crippen molar-refractivity contribution in [3.63, 3.8) is 0 Å². The van der Waals surface area contributed by atoms with Gasteiger partial charge in [-0.1, -0.05) is 18.2 Å². The lowest BCUT2D eigenvalue weighted by molar-refractivity contribution is -0.105. The van der Waals surface area contributed by atoms with E-state index in [1.54, 1.807) is 4.68 Å². The maximum Gasteiger partial charge on any atom is 0.233 e. The molecule has 0 aliphatic carbocycles. The van der Waals surface area contributed by atoms with E-state index in [1.807, 2.05) is 49.0 Å². The van der Waals surface area contributed by atoms with Crippen LogP contribution in [0.2, 0.25) is 0 Å². The molecule has 0 unspecified atom stereocenters. The monoisotopic (exact) mass is 314 g/mol. The number of benzene rings is 1. The van der Waals surface area contributed by atoms with Gasteiger partial charge < -0.3 is 10.1 Å². The van der Waals surface area contributed by atoms with E-state index in [-0.39, 0.29) is 0 Å². The van der Waals surface area contributed by atoms with Gasteiger partial charge in [0, 0.05) is 30.3 Å². The molecule has 2 aromatic heterocycles. The van der Waals surface area contributed by atoms with Gasteiger partial charge in [0.15, 0.2) is 5.13 Å². The Labute approximate surface area is 131 Å². The highest BCUT2D eigenvalue weighted by atomic mass is 32.1. The Morgan fingerprint density at radius 2 is 2.32 bits per heavy atom. The van der Waals surface area contributed by atoms with Gasteiger partial charge in [-0.25, -0.2) is 4.98 Å². The number of aromatic nitrogens is 3. The zero-order chi connectivity index (χ0) is 15.4. The SMILES string of the molecule is Cn1ccc(OCc2cccc(-c3csc(NC=O)n3)c2)n1. The Bertz CT molecular complexity index is 781. The fourth-order valence-corrected chi connectivity index (χ4v) is 2.65. The van der Waals surface area contributed by atoms with Crippen molar-refractivity contribution in [2.45, 2.75) is 6.61 Å². The first-order valence-electron chi connectivity index (χ1n) is 6.62. The standard InChI is InChI=1S/C15H14N4O2S/c1-19-6-5-14(18-19)21-8-11-3-2-4-12(7-11)13-9-22-15(17-13)16-10-20/h2-7,9-10H,8H2,1H3,(H,16,17,20). The summed E-state index contributed by atoms with van der Waals surface area (Å²) in [5.41, 5.74) is 2.84. The van der Waals surface area contributed by atoms with Crippen molar-refractivity contribution in [3.8, 4) is 17.1 Å². The number of thiazole rings is 1. The molecule has 1 N–H and O–H groups in total. The fraction of sp³-hybridized carbons (Fsp3) is 0.133. The highest BCUT2D eigenvalue weighted by Crippen LogP contribution is 2.25. The van der Waals surface area contributed by atoms with E-state index in [2.05, 4.69) is 15.4 Å². The van der Waals surface area contributed by atoms with E-state index in [1.165, 1.54) is 11.3 Å². The number of hydrogen-bond acceptors (Lipinski definition) is 5. The van der Waals surface area contributed by atoms with E-state index in [0.717, 1.165) is 16.8 Å². The van der Waals surface area contributed by atoms with Crippen LogP contribution in [-0.4, -0.2) is 21.2 Å². The van der Waals surface area contributed by atoms with Crippen LogP contribution in [0.4, 0.5) is 5.13 Å². The average Bonchev–Trinajstić information content (AvgIpc) is 3.15. The Hall–Kier alpha value is -2.67. The summed E-state index contributed by atoms with van der Waals surface area (Å²) in [5.74, 6) is 0.596. The van der Waals surface area contributed by atoms with Gasteiger partial charge in [-0.15, -0.1) is 16.4 Å². The van der Waals surface area contributed by atoms with Crippen LogP contribution in [0, 0.1) is 0 Å². The second-order valence-electron chi connectivity index (χ2n) is 4.62. The van der Waals surface area contributed by atoms with Crippen molar-refractivity contribution < 1.29 is 9.53 Å². The summed E-state index contributed by atoms with van der Waals surface area (Å²) in [6.07, 6.45) is 2.46. The van der Waals surface area contributed by atoms with Gasteiger partial charge in [-0.05, 0) is 11.6 Å². The molecule has 3 aromatic rings. The lowest BCUT2D eigenvalue weighted by Gasteiger charge is -2.04. The minimum atomic E-state index is 0.439. The summed E-state index contributed by atoms with van der Waals surface area (Å²) in [7, 11) is 1.85. The Kier molecular flexibility index (Phi) is 4.15. The van der Waals surface area contributed by atoms with Crippen LogP contribution >= 0.6 is 11.3 Å². The summed E-state index contributed by atoms with van der Waals surface area (Å²) >= 11 is 1.39. The fourth-order valence-electron chi connectivity index (χ4n) is 1.97. The van der Waals surface area contributed by atoms with Crippen molar-refractivity contribution in [3.05, 3.63) is 47.5 Å². The molecule has 0 fully saturated rings. The molecule has 2 heterocycles. The number of carbonyl (C=O) groups is 1. The second-order valence-corrected chi connectivity index (χ2v) is 5.47. The van der Waals surface area contributed by atoms with Gasteiger partial charge in [0.25, 0.3) is 0 Å². The molecule has 7 heteroatoms. The molecule has 0 bridgehead atoms. The summed E-state index contributed by atoms with van der Waals surface area (Å²) in [4.78, 5) is 14.8. The van der Waals surface area contributed by atoms with Crippen LogP contribution in [0.1, 0.15) is 5.56 Å². The third kappa shape index (κ3) is 3.32. The van der Waals surface area contributed by atoms with E-state index in [4.69, 9.17) is 4.74 Å². The van der Waals surface area contributed by atoms with Crippen molar-refractivity contribution in [2.24, 2.45) is 7.05 Å². The van der Waals surface area contributed by atoms with Crippen LogP contribution in [0.25, 0.3) is 11.3 Å². The second kappa shape index (κ2) is 6.40. The molecule has 112 valence electrons. The minimum Gasteiger partial charge on any atom is -0.472 e. The van der Waals surface area contributed by atoms with Gasteiger partial charge in [-0.2, -0.15) is 0 Å². The van der Waals surface area contributed by atoms with Crippen LogP contribution in [0.5, 0.6) is 5.88 Å². The molecule has 0 saturated carbocycles. The maximum atomic E-state index is 10.4. The van der Waals surface area contributed by atoms with Gasteiger partial charge in [-0.3, -0.25) is 9.48 Å². The first kappa shape index (κ1) is 14.3. The molecular weight excluding hydrogens is 300 g/mol. The summed E-state index contributed by atoms with van der Waals surface area (Å²) < 4.78 is 7.34. The normalized spacial score (nSPS) is 10.4. The number of ether oxygens (including phenoxy) is 1. The number of aryl methyl sites for hydroxylation is 1. The minimum absolute atomic E-state index is 0.439. The molecule has 3 rings (SSSR count).